The van der Waals surface area contributed by atoms with Crippen LogP contribution < -0.4 is 4.90 Å². The monoisotopic (exact) mass is 433 g/mol. The fraction of sp³-hybridized carbons (Fsp3) is 0.360. The Bertz CT molecular complexity index is 1120. The zero-order chi connectivity index (χ0) is 22.6. The van der Waals surface area contributed by atoms with Crippen LogP contribution in [0, 0.1) is 0 Å². The predicted octanol–water partition coefficient (Wildman–Crippen LogP) is 3.98. The second kappa shape index (κ2) is 9.39. The third kappa shape index (κ3) is 4.59. The van der Waals surface area contributed by atoms with Crippen LogP contribution in [0.15, 0.2) is 60.8 Å². The molecule has 3 aromatic rings. The summed E-state index contributed by atoms with van der Waals surface area (Å²) in [6.07, 6.45) is 5.00. The molecule has 7 nitrogen and oxygen atoms in total. The fourth-order valence-corrected chi connectivity index (χ4v) is 4.74. The molecule has 166 valence electrons. The molecule has 5 rings (SSSR count). The van der Waals surface area contributed by atoms with Gasteiger partial charge in [-0.25, -0.2) is 4.79 Å². The highest BCUT2D eigenvalue weighted by atomic mass is 16.6. The minimum absolute atomic E-state index is 0.209. The van der Waals surface area contributed by atoms with E-state index in [0.29, 0.717) is 6.54 Å². The van der Waals surface area contributed by atoms with Gasteiger partial charge in [-0.05, 0) is 54.6 Å². The molecule has 2 fully saturated rings. The van der Waals surface area contributed by atoms with Gasteiger partial charge in [0.15, 0.2) is 0 Å². The number of benzene rings is 2. The minimum Gasteiger partial charge on any atom is -0.441 e. The lowest BCUT2D eigenvalue weighted by molar-refractivity contribution is -0.191. The van der Waals surface area contributed by atoms with Crippen molar-refractivity contribution in [3.8, 4) is 0 Å². The molecule has 2 saturated heterocycles. The third-order valence-electron chi connectivity index (χ3n) is 6.39. The maximum absolute atomic E-state index is 12.6. The van der Waals surface area contributed by atoms with E-state index in [1.165, 1.54) is 16.5 Å². The van der Waals surface area contributed by atoms with E-state index in [1.807, 2.05) is 30.3 Å². The van der Waals surface area contributed by atoms with Gasteiger partial charge in [0.1, 0.15) is 5.60 Å². The number of likely N-dealkylation sites (tertiary alicyclic amines) is 1. The van der Waals surface area contributed by atoms with Gasteiger partial charge in [0.25, 0.3) is 0 Å². The summed E-state index contributed by atoms with van der Waals surface area (Å²) in [4.78, 5) is 33.1. The van der Waals surface area contributed by atoms with Crippen LogP contribution in [0.3, 0.4) is 0 Å². The van der Waals surface area contributed by atoms with Crippen molar-refractivity contribution in [3.05, 3.63) is 66.4 Å². The number of hydrogen-bond acceptors (Lipinski definition) is 5. The van der Waals surface area contributed by atoms with E-state index in [1.54, 1.807) is 4.90 Å². The number of fused-ring (bicyclic) bond motifs is 1. The SMILES string of the molecule is Cn1ccc2ccc(CN3CCCC4(CC3)CN(c3ccccc3)C(=O)O4)cc21.O=C=O. The van der Waals surface area contributed by atoms with E-state index < -0.39 is 0 Å². The van der Waals surface area contributed by atoms with Crippen molar-refractivity contribution in [2.45, 2.75) is 31.4 Å². The number of anilines is 1. The first-order chi connectivity index (χ1) is 15.5. The molecule has 7 heteroatoms. The molecule has 0 saturated carbocycles. The van der Waals surface area contributed by atoms with Crippen molar-refractivity contribution in [2.75, 3.05) is 24.5 Å². The molecular formula is C25H27N3O4. The molecular weight excluding hydrogens is 406 g/mol. The van der Waals surface area contributed by atoms with E-state index in [4.69, 9.17) is 14.3 Å². The van der Waals surface area contributed by atoms with Gasteiger partial charge in [0, 0.05) is 44.0 Å². The van der Waals surface area contributed by atoms with Gasteiger partial charge in [-0.1, -0.05) is 30.3 Å². The highest BCUT2D eigenvalue weighted by molar-refractivity contribution is 5.90. The van der Waals surface area contributed by atoms with Gasteiger partial charge in [-0.2, -0.15) is 9.59 Å². The fourth-order valence-electron chi connectivity index (χ4n) is 4.74. The molecule has 2 aliphatic rings. The first-order valence-corrected chi connectivity index (χ1v) is 10.8. The number of aromatic nitrogens is 1. The smallest absolute Gasteiger partial charge is 0.415 e. The highest BCUT2D eigenvalue weighted by Gasteiger charge is 2.46. The molecule has 1 spiro atoms. The maximum Gasteiger partial charge on any atom is 0.415 e. The molecule has 1 aromatic heterocycles. The van der Waals surface area contributed by atoms with Crippen LogP contribution in [0.2, 0.25) is 0 Å². The predicted molar refractivity (Wildman–Crippen MR) is 120 cm³/mol. The average molecular weight is 434 g/mol. The lowest BCUT2D eigenvalue weighted by Crippen LogP contribution is -2.36. The summed E-state index contributed by atoms with van der Waals surface area (Å²) in [7, 11) is 2.09. The molecule has 2 aromatic carbocycles. The van der Waals surface area contributed by atoms with Crippen LogP contribution in [0.4, 0.5) is 10.5 Å². The molecule has 0 radical (unpaired) electrons. The molecule has 0 aliphatic carbocycles. The van der Waals surface area contributed by atoms with Crippen molar-refractivity contribution < 1.29 is 19.1 Å². The summed E-state index contributed by atoms with van der Waals surface area (Å²) in [6.45, 7) is 3.57. The van der Waals surface area contributed by atoms with E-state index in [9.17, 15) is 4.79 Å². The molecule has 1 unspecified atom stereocenters. The summed E-state index contributed by atoms with van der Waals surface area (Å²) in [5, 5.41) is 1.28. The zero-order valence-corrected chi connectivity index (χ0v) is 18.2. The molecule has 1 atom stereocenters. The summed E-state index contributed by atoms with van der Waals surface area (Å²) < 4.78 is 8.13. The number of rotatable bonds is 3. The standard InChI is InChI=1S/C24H27N3O2.CO2/c1-25-14-10-20-9-8-19(16-22(20)25)17-26-13-5-11-24(12-15-26)18-27(23(28)29-24)21-6-3-2-4-7-21;2-1-3/h2-4,6-10,14,16H,5,11-13,15,17-18H2,1H3;. The van der Waals surface area contributed by atoms with Crippen LogP contribution in [0.1, 0.15) is 24.8 Å². The Labute approximate surface area is 187 Å². The van der Waals surface area contributed by atoms with Crippen LogP contribution in [-0.2, 0) is 27.9 Å². The third-order valence-corrected chi connectivity index (χ3v) is 6.39. The van der Waals surface area contributed by atoms with Crippen LogP contribution in [0.25, 0.3) is 10.9 Å². The Morgan fingerprint density at radius 1 is 1.03 bits per heavy atom. The first-order valence-electron chi connectivity index (χ1n) is 10.8. The van der Waals surface area contributed by atoms with E-state index in [2.05, 4.69) is 47.0 Å². The topological polar surface area (TPSA) is 71.8 Å². The summed E-state index contributed by atoms with van der Waals surface area (Å²) in [6, 6.07) is 18.7. The van der Waals surface area contributed by atoms with Crippen LogP contribution in [-0.4, -0.2) is 46.9 Å². The number of para-hydroxylation sites is 1. The Kier molecular flexibility index (Phi) is 6.40. The van der Waals surface area contributed by atoms with E-state index in [-0.39, 0.29) is 17.8 Å². The lowest BCUT2D eigenvalue weighted by Gasteiger charge is -2.25. The second-order valence-corrected chi connectivity index (χ2v) is 8.51. The van der Waals surface area contributed by atoms with Crippen molar-refractivity contribution >= 4 is 28.8 Å². The highest BCUT2D eigenvalue weighted by Crippen LogP contribution is 2.36. The number of nitrogens with zero attached hydrogens (tertiary/aromatic N) is 3. The largest absolute Gasteiger partial charge is 0.441 e. The van der Waals surface area contributed by atoms with Crippen LogP contribution >= 0.6 is 0 Å². The first kappa shape index (κ1) is 21.8. The molecule has 1 amide bonds. The summed E-state index contributed by atoms with van der Waals surface area (Å²) >= 11 is 0. The molecule has 32 heavy (non-hydrogen) atoms. The van der Waals surface area contributed by atoms with E-state index >= 15 is 0 Å². The Balaban J connectivity index is 0.000000775. The minimum atomic E-state index is -0.357. The molecule has 0 bridgehead atoms. The van der Waals surface area contributed by atoms with Crippen molar-refractivity contribution in [1.29, 1.82) is 0 Å². The molecule has 0 N–H and O–H groups in total. The van der Waals surface area contributed by atoms with Gasteiger partial charge >= 0.3 is 12.2 Å². The molecule has 2 aliphatic heterocycles. The molecule has 3 heterocycles. The van der Waals surface area contributed by atoms with Crippen molar-refractivity contribution in [2.24, 2.45) is 7.05 Å². The maximum atomic E-state index is 12.6. The van der Waals surface area contributed by atoms with Crippen molar-refractivity contribution in [3.63, 3.8) is 0 Å². The van der Waals surface area contributed by atoms with E-state index in [0.717, 1.165) is 44.6 Å². The second-order valence-electron chi connectivity index (χ2n) is 8.51. The quantitative estimate of drug-likeness (QED) is 0.625. The summed E-state index contributed by atoms with van der Waals surface area (Å²) in [5.74, 6) is 0. The van der Waals surface area contributed by atoms with Crippen molar-refractivity contribution in [1.82, 2.24) is 9.47 Å². The number of aryl methyl sites for hydroxylation is 1. The Hall–Kier alpha value is -3.41. The van der Waals surface area contributed by atoms with Gasteiger partial charge in [-0.3, -0.25) is 9.80 Å². The number of amides is 1. The normalized spacial score (nSPS) is 21.0. The number of hydrogen-bond donors (Lipinski definition) is 0. The number of ether oxygens (including phenoxy) is 1. The Morgan fingerprint density at radius 2 is 1.81 bits per heavy atom. The van der Waals surface area contributed by atoms with Crippen LogP contribution in [0.5, 0.6) is 0 Å². The summed E-state index contributed by atoms with van der Waals surface area (Å²) in [5.41, 5.74) is 3.18. The zero-order valence-electron chi connectivity index (χ0n) is 18.2. The van der Waals surface area contributed by atoms with Gasteiger partial charge < -0.3 is 9.30 Å². The average Bonchev–Trinajstić information content (AvgIpc) is 3.25. The number of carbonyl (C=O) groups excluding carboxylic acids is 3. The number of carbonyl (C=O) groups is 1. The van der Waals surface area contributed by atoms with Gasteiger partial charge in [-0.15, -0.1) is 0 Å². The van der Waals surface area contributed by atoms with Gasteiger partial charge in [0.05, 0.1) is 6.54 Å². The lowest BCUT2D eigenvalue weighted by atomic mass is 9.95. The van der Waals surface area contributed by atoms with Gasteiger partial charge in [0.2, 0.25) is 0 Å². The Morgan fingerprint density at radius 3 is 2.59 bits per heavy atom.